The van der Waals surface area contributed by atoms with Crippen LogP contribution >= 0.6 is 0 Å². The molecular formula is C22H22FN5O5. The first-order valence-corrected chi connectivity index (χ1v) is 10.4. The number of hydrogen-bond acceptors (Lipinski definition) is 6. The van der Waals surface area contributed by atoms with E-state index in [1.54, 1.807) is 30.3 Å². The summed E-state index contributed by atoms with van der Waals surface area (Å²) in [7, 11) is 1.32. The topological polar surface area (TPSA) is 120 Å². The van der Waals surface area contributed by atoms with E-state index in [1.165, 1.54) is 24.1 Å². The van der Waals surface area contributed by atoms with Crippen LogP contribution in [0, 0.1) is 11.7 Å². The van der Waals surface area contributed by atoms with E-state index in [0.717, 1.165) is 6.07 Å². The largest absolute Gasteiger partial charge is 0.494 e. The number of carbonyl (C=O) groups is 2. The van der Waals surface area contributed by atoms with Crippen molar-refractivity contribution in [3.8, 4) is 11.4 Å². The Bertz CT molecular complexity index is 1220. The zero-order valence-corrected chi connectivity index (χ0v) is 17.8. The third-order valence-corrected chi connectivity index (χ3v) is 5.80. The molecule has 3 aromatic rings. The predicted octanol–water partition coefficient (Wildman–Crippen LogP) is 2.69. The van der Waals surface area contributed by atoms with Gasteiger partial charge in [-0.15, -0.1) is 4.68 Å². The summed E-state index contributed by atoms with van der Waals surface area (Å²) < 4.78 is 20.8. The SMILES string of the molecule is COc1cccc(F)c1-n1nnn(C(=O)N(c2ccccc2)C2CCC(C(=O)O)CC2)c1=O. The smallest absolute Gasteiger partial charge is 0.377 e. The Labute approximate surface area is 187 Å². The average molecular weight is 455 g/mol. The molecule has 1 aromatic heterocycles. The van der Waals surface area contributed by atoms with E-state index in [2.05, 4.69) is 10.4 Å². The molecule has 33 heavy (non-hydrogen) atoms. The first-order valence-electron chi connectivity index (χ1n) is 10.4. The predicted molar refractivity (Wildman–Crippen MR) is 115 cm³/mol. The minimum atomic E-state index is -0.955. The standard InChI is InChI=1S/C22H22FN5O5/c1-33-18-9-5-8-17(23)19(18)27-22(32)28(25-24-27)21(31)26(15-6-3-2-4-7-15)16-12-10-14(11-13-16)20(29)30/h2-9,14,16H,10-13H2,1H3,(H,29,30). The lowest BCUT2D eigenvalue weighted by Crippen LogP contribution is -2.48. The lowest BCUT2D eigenvalue weighted by atomic mass is 9.85. The van der Waals surface area contributed by atoms with Crippen molar-refractivity contribution in [3.63, 3.8) is 0 Å². The van der Waals surface area contributed by atoms with Crippen LogP contribution in [0.5, 0.6) is 5.75 Å². The van der Waals surface area contributed by atoms with Crippen LogP contribution in [-0.4, -0.2) is 50.0 Å². The van der Waals surface area contributed by atoms with Gasteiger partial charge in [0.05, 0.1) is 13.0 Å². The number of carboxylic acids is 1. The molecule has 11 heteroatoms. The van der Waals surface area contributed by atoms with Crippen molar-refractivity contribution in [2.45, 2.75) is 31.7 Å². The molecular weight excluding hydrogens is 433 g/mol. The first kappa shape index (κ1) is 22.2. The highest BCUT2D eigenvalue weighted by Crippen LogP contribution is 2.31. The van der Waals surface area contributed by atoms with E-state index in [0.29, 0.717) is 40.7 Å². The van der Waals surface area contributed by atoms with Crippen LogP contribution in [0.15, 0.2) is 53.3 Å². The Kier molecular flexibility index (Phi) is 6.20. The number of rotatable bonds is 5. The number of nitrogens with zero attached hydrogens (tertiary/aromatic N) is 5. The van der Waals surface area contributed by atoms with Crippen molar-refractivity contribution in [2.75, 3.05) is 12.0 Å². The van der Waals surface area contributed by atoms with Crippen LogP contribution < -0.4 is 15.3 Å². The third-order valence-electron chi connectivity index (χ3n) is 5.80. The molecule has 4 rings (SSSR count). The molecule has 10 nitrogen and oxygen atoms in total. The first-order chi connectivity index (χ1) is 15.9. The van der Waals surface area contributed by atoms with Crippen molar-refractivity contribution >= 4 is 17.7 Å². The summed E-state index contributed by atoms with van der Waals surface area (Å²) in [6.07, 6.45) is 1.71. The van der Waals surface area contributed by atoms with Crippen LogP contribution in [0.1, 0.15) is 25.7 Å². The van der Waals surface area contributed by atoms with Crippen LogP contribution in [0.4, 0.5) is 14.9 Å². The van der Waals surface area contributed by atoms with E-state index in [4.69, 9.17) is 4.74 Å². The number of carbonyl (C=O) groups excluding carboxylic acids is 1. The second kappa shape index (κ2) is 9.23. The van der Waals surface area contributed by atoms with Gasteiger partial charge in [-0.3, -0.25) is 9.69 Å². The number of carboxylic acid groups (broad SMARTS) is 1. The Balaban J connectivity index is 1.72. The molecule has 1 saturated carbocycles. The van der Waals surface area contributed by atoms with Gasteiger partial charge in [-0.25, -0.2) is 14.0 Å². The Hall–Kier alpha value is -4.02. The fraction of sp³-hybridized carbons (Fsp3) is 0.318. The normalized spacial score (nSPS) is 18.0. The van der Waals surface area contributed by atoms with Gasteiger partial charge in [0.25, 0.3) is 0 Å². The lowest BCUT2D eigenvalue weighted by molar-refractivity contribution is -0.142. The molecule has 172 valence electrons. The molecule has 0 unspecified atom stereocenters. The monoisotopic (exact) mass is 455 g/mol. The molecule has 0 saturated heterocycles. The third kappa shape index (κ3) is 4.21. The second-order valence-corrected chi connectivity index (χ2v) is 7.71. The van der Waals surface area contributed by atoms with Gasteiger partial charge >= 0.3 is 17.7 Å². The van der Waals surface area contributed by atoms with E-state index in [9.17, 15) is 23.9 Å². The summed E-state index contributed by atoms with van der Waals surface area (Å²) in [5.74, 6) is -2.03. The minimum absolute atomic E-state index is 0.0588. The number of amides is 1. The number of aliphatic carboxylic acids is 1. The Morgan fingerprint density at radius 3 is 2.39 bits per heavy atom. The van der Waals surface area contributed by atoms with E-state index in [-0.39, 0.29) is 17.5 Å². The van der Waals surface area contributed by atoms with Gasteiger partial charge in [0.15, 0.2) is 5.82 Å². The number of ether oxygens (including phenoxy) is 1. The number of aromatic nitrogens is 4. The van der Waals surface area contributed by atoms with E-state index < -0.39 is 29.4 Å². The molecule has 1 heterocycles. The van der Waals surface area contributed by atoms with Gasteiger partial charge in [-0.1, -0.05) is 24.3 Å². The molecule has 0 radical (unpaired) electrons. The van der Waals surface area contributed by atoms with Crippen molar-refractivity contribution in [1.82, 2.24) is 19.8 Å². The minimum Gasteiger partial charge on any atom is -0.494 e. The van der Waals surface area contributed by atoms with Crippen molar-refractivity contribution < 1.29 is 23.8 Å². The van der Waals surface area contributed by atoms with Gasteiger partial charge in [0.1, 0.15) is 11.4 Å². The molecule has 1 aliphatic rings. The van der Waals surface area contributed by atoms with Gasteiger partial charge in [0.2, 0.25) is 0 Å². The van der Waals surface area contributed by atoms with Crippen molar-refractivity contribution in [3.05, 3.63) is 64.8 Å². The fourth-order valence-corrected chi connectivity index (χ4v) is 4.12. The molecule has 1 amide bonds. The summed E-state index contributed by atoms with van der Waals surface area (Å²) in [4.78, 5) is 39.3. The van der Waals surface area contributed by atoms with Gasteiger partial charge in [-0.2, -0.15) is 4.68 Å². The summed E-state index contributed by atoms with van der Waals surface area (Å²) in [5, 5.41) is 16.7. The summed E-state index contributed by atoms with van der Waals surface area (Å²) in [6, 6.07) is 11.7. The maximum Gasteiger partial charge on any atom is 0.377 e. The maximum atomic E-state index is 14.5. The van der Waals surface area contributed by atoms with Crippen LogP contribution in [0.2, 0.25) is 0 Å². The number of hydrogen-bond donors (Lipinski definition) is 1. The highest BCUT2D eigenvalue weighted by Gasteiger charge is 2.34. The molecule has 0 atom stereocenters. The van der Waals surface area contributed by atoms with E-state index >= 15 is 0 Å². The molecule has 1 aliphatic carbocycles. The molecule has 1 N–H and O–H groups in total. The summed E-state index contributed by atoms with van der Waals surface area (Å²) in [5.41, 5.74) is -0.674. The van der Waals surface area contributed by atoms with Gasteiger partial charge in [0, 0.05) is 11.7 Å². The highest BCUT2D eigenvalue weighted by atomic mass is 19.1. The highest BCUT2D eigenvalue weighted by molar-refractivity contribution is 5.93. The fourth-order valence-electron chi connectivity index (χ4n) is 4.12. The molecule has 0 spiro atoms. The summed E-state index contributed by atoms with van der Waals surface area (Å²) >= 11 is 0. The van der Waals surface area contributed by atoms with E-state index in [1.807, 2.05) is 0 Å². The second-order valence-electron chi connectivity index (χ2n) is 7.71. The Morgan fingerprint density at radius 1 is 1.06 bits per heavy atom. The zero-order chi connectivity index (χ0) is 23.5. The summed E-state index contributed by atoms with van der Waals surface area (Å²) in [6.45, 7) is 0. The zero-order valence-electron chi connectivity index (χ0n) is 17.8. The molecule has 0 bridgehead atoms. The van der Waals surface area contributed by atoms with Gasteiger partial charge in [-0.05, 0) is 60.4 Å². The molecule has 0 aliphatic heterocycles. The molecule has 1 fully saturated rings. The molecule has 2 aromatic carbocycles. The quantitative estimate of drug-likeness (QED) is 0.588. The van der Waals surface area contributed by atoms with Gasteiger partial charge < -0.3 is 9.84 Å². The average Bonchev–Trinajstić information content (AvgIpc) is 3.20. The van der Waals surface area contributed by atoms with Crippen LogP contribution in [-0.2, 0) is 4.79 Å². The number of methoxy groups -OCH3 is 1. The number of anilines is 1. The number of para-hydroxylation sites is 2. The van der Waals surface area contributed by atoms with Crippen LogP contribution in [0.3, 0.4) is 0 Å². The van der Waals surface area contributed by atoms with Crippen molar-refractivity contribution in [2.24, 2.45) is 5.92 Å². The Morgan fingerprint density at radius 2 is 1.76 bits per heavy atom. The lowest BCUT2D eigenvalue weighted by Gasteiger charge is -2.35. The number of tetrazole rings is 1. The number of halogens is 1. The maximum absolute atomic E-state index is 14.5. The number of benzene rings is 2. The van der Waals surface area contributed by atoms with Crippen molar-refractivity contribution in [1.29, 1.82) is 0 Å². The van der Waals surface area contributed by atoms with Crippen LogP contribution in [0.25, 0.3) is 5.69 Å².